The Bertz CT molecular complexity index is 2730. The molecule has 0 aliphatic heterocycles. The van der Waals surface area contributed by atoms with Crippen molar-refractivity contribution in [1.29, 1.82) is 0 Å². The van der Waals surface area contributed by atoms with Crippen LogP contribution in [0.1, 0.15) is 22.3 Å². The molecule has 0 fully saturated rings. The molecule has 0 N–H and O–H groups in total. The van der Waals surface area contributed by atoms with Crippen LogP contribution in [0, 0.1) is 0 Å². The molecule has 2 aliphatic carbocycles. The highest BCUT2D eigenvalue weighted by atomic mass is 14.7. The van der Waals surface area contributed by atoms with Gasteiger partial charge in [-0.2, -0.15) is 0 Å². The molecule has 0 amide bonds. The van der Waals surface area contributed by atoms with Crippen LogP contribution in [0.2, 0.25) is 0 Å². The smallest absolute Gasteiger partial charge is 0.0725 e. The zero-order valence-corrected chi connectivity index (χ0v) is 27.7. The Morgan fingerprint density at radius 2 is 0.804 bits per heavy atom. The Morgan fingerprint density at radius 1 is 0.353 bits per heavy atom. The number of hydrogen-bond donors (Lipinski definition) is 0. The molecule has 2 aliphatic rings. The Labute approximate surface area is 296 Å². The number of rotatable bonds is 3. The van der Waals surface area contributed by atoms with Crippen LogP contribution >= 0.6 is 0 Å². The van der Waals surface area contributed by atoms with E-state index in [0.717, 1.165) is 16.8 Å². The second-order valence-electron chi connectivity index (χ2n) is 13.7. The minimum absolute atomic E-state index is 0.372. The largest absolute Gasteiger partial charge is 0.265 e. The minimum Gasteiger partial charge on any atom is -0.265 e. The molecule has 0 atom stereocenters. The Balaban J connectivity index is 1.09. The van der Waals surface area contributed by atoms with E-state index in [1.807, 2.05) is 12.4 Å². The highest BCUT2D eigenvalue weighted by Crippen LogP contribution is 2.63. The van der Waals surface area contributed by atoms with Crippen molar-refractivity contribution >= 4 is 21.5 Å². The van der Waals surface area contributed by atoms with Crippen LogP contribution in [0.25, 0.3) is 77.3 Å². The SMILES string of the molecule is c1ccc2c(c1)-c1ccccc1C21c2ccccc2-c2ccc(-c3ccc(-c4c5ccccc5c(-c5ccncc5)c5ccccc45)cn3)cc21. The fourth-order valence-corrected chi connectivity index (χ4v) is 9.24. The van der Waals surface area contributed by atoms with E-state index in [0.29, 0.717) is 0 Å². The number of fused-ring (bicyclic) bond motifs is 12. The number of benzene rings is 7. The highest BCUT2D eigenvalue weighted by Gasteiger charge is 2.51. The third kappa shape index (κ3) is 3.82. The molecule has 11 rings (SSSR count). The van der Waals surface area contributed by atoms with Gasteiger partial charge < -0.3 is 0 Å². The lowest BCUT2D eigenvalue weighted by atomic mass is 9.70. The maximum absolute atomic E-state index is 5.19. The van der Waals surface area contributed by atoms with Crippen molar-refractivity contribution in [1.82, 2.24) is 9.97 Å². The van der Waals surface area contributed by atoms with E-state index >= 15 is 0 Å². The van der Waals surface area contributed by atoms with Crippen molar-refractivity contribution in [3.05, 3.63) is 205 Å². The lowest BCUT2D eigenvalue weighted by Gasteiger charge is -2.30. The molecule has 51 heavy (non-hydrogen) atoms. The monoisotopic (exact) mass is 646 g/mol. The summed E-state index contributed by atoms with van der Waals surface area (Å²) in [6.45, 7) is 0. The normalized spacial score (nSPS) is 13.3. The van der Waals surface area contributed by atoms with Gasteiger partial charge in [-0.25, -0.2) is 0 Å². The van der Waals surface area contributed by atoms with E-state index in [-0.39, 0.29) is 5.41 Å². The van der Waals surface area contributed by atoms with Crippen molar-refractivity contribution in [2.75, 3.05) is 0 Å². The van der Waals surface area contributed by atoms with E-state index in [4.69, 9.17) is 4.98 Å². The first kappa shape index (κ1) is 28.2. The van der Waals surface area contributed by atoms with Crippen molar-refractivity contribution in [3.8, 4) is 55.8 Å². The van der Waals surface area contributed by atoms with Crippen molar-refractivity contribution in [2.24, 2.45) is 0 Å². The molecule has 0 radical (unpaired) electrons. The third-order valence-corrected chi connectivity index (χ3v) is 11.2. The first-order valence-corrected chi connectivity index (χ1v) is 17.6. The molecule has 2 heteroatoms. The predicted octanol–water partition coefficient (Wildman–Crippen LogP) is 12.1. The summed E-state index contributed by atoms with van der Waals surface area (Å²) in [7, 11) is 0. The van der Waals surface area contributed by atoms with Gasteiger partial charge in [0, 0.05) is 29.7 Å². The van der Waals surface area contributed by atoms with E-state index in [1.54, 1.807) is 0 Å². The Morgan fingerprint density at radius 3 is 1.31 bits per heavy atom. The maximum Gasteiger partial charge on any atom is 0.0725 e. The van der Waals surface area contributed by atoms with Crippen LogP contribution in [0.3, 0.4) is 0 Å². The van der Waals surface area contributed by atoms with Gasteiger partial charge in [-0.3, -0.25) is 9.97 Å². The molecule has 2 aromatic heterocycles. The molecule has 0 unspecified atom stereocenters. The highest BCUT2D eigenvalue weighted by molar-refractivity contribution is 6.21. The van der Waals surface area contributed by atoms with Gasteiger partial charge >= 0.3 is 0 Å². The third-order valence-electron chi connectivity index (χ3n) is 11.2. The summed E-state index contributed by atoms with van der Waals surface area (Å²) in [4.78, 5) is 9.48. The number of hydrogen-bond acceptors (Lipinski definition) is 2. The van der Waals surface area contributed by atoms with E-state index in [2.05, 4.69) is 175 Å². The summed E-state index contributed by atoms with van der Waals surface area (Å²) in [5.41, 5.74) is 17.1. The van der Waals surface area contributed by atoms with Crippen LogP contribution in [-0.4, -0.2) is 9.97 Å². The van der Waals surface area contributed by atoms with E-state index in [9.17, 15) is 0 Å². The van der Waals surface area contributed by atoms with Crippen LogP contribution in [-0.2, 0) is 5.41 Å². The van der Waals surface area contributed by atoms with E-state index in [1.165, 1.54) is 82.7 Å². The van der Waals surface area contributed by atoms with Crippen molar-refractivity contribution in [2.45, 2.75) is 5.41 Å². The number of pyridine rings is 2. The molecule has 7 aromatic carbocycles. The lowest BCUT2D eigenvalue weighted by Crippen LogP contribution is -2.25. The van der Waals surface area contributed by atoms with Gasteiger partial charge in [0.15, 0.2) is 0 Å². The number of aromatic nitrogens is 2. The molecule has 2 nitrogen and oxygen atoms in total. The molecule has 2 heterocycles. The topological polar surface area (TPSA) is 25.8 Å². The molecular formula is C49H30N2. The van der Waals surface area contributed by atoms with Crippen LogP contribution in [0.4, 0.5) is 0 Å². The summed E-state index contributed by atoms with van der Waals surface area (Å²) in [5.74, 6) is 0. The first-order valence-electron chi connectivity index (χ1n) is 17.6. The average molecular weight is 647 g/mol. The second-order valence-corrected chi connectivity index (χ2v) is 13.7. The zero-order chi connectivity index (χ0) is 33.5. The predicted molar refractivity (Wildman–Crippen MR) is 210 cm³/mol. The van der Waals surface area contributed by atoms with Gasteiger partial charge in [0.25, 0.3) is 0 Å². The molecule has 236 valence electrons. The summed E-state index contributed by atoms with van der Waals surface area (Å²) in [5, 5.41) is 4.88. The molecule has 0 saturated heterocycles. The summed E-state index contributed by atoms with van der Waals surface area (Å²) in [6, 6.07) is 60.0. The molecule has 0 bridgehead atoms. The summed E-state index contributed by atoms with van der Waals surface area (Å²) >= 11 is 0. The fraction of sp³-hybridized carbons (Fsp3) is 0.0204. The van der Waals surface area contributed by atoms with Crippen molar-refractivity contribution < 1.29 is 0 Å². The van der Waals surface area contributed by atoms with Crippen LogP contribution < -0.4 is 0 Å². The summed E-state index contributed by atoms with van der Waals surface area (Å²) < 4.78 is 0. The minimum atomic E-state index is -0.372. The Hall–Kier alpha value is -6.64. The van der Waals surface area contributed by atoms with Gasteiger partial charge in [0.05, 0.1) is 11.1 Å². The lowest BCUT2D eigenvalue weighted by molar-refractivity contribution is 0.794. The first-order chi connectivity index (χ1) is 25.3. The molecule has 9 aromatic rings. The van der Waals surface area contributed by atoms with Crippen LogP contribution in [0.5, 0.6) is 0 Å². The standard InChI is InChI=1S/C49H30N2/c1-3-16-40-38(14-1)47(31-25-27-50-28-26-31)39-15-2-4-17-41(39)48(40)33-22-24-46(51-30-33)32-21-23-37-36-13-7-10-20-44(36)49(45(37)29-32)42-18-8-5-11-34(42)35-12-6-9-19-43(35)49/h1-30H. The van der Waals surface area contributed by atoms with Crippen molar-refractivity contribution in [3.63, 3.8) is 0 Å². The van der Waals surface area contributed by atoms with Gasteiger partial charge in [0.2, 0.25) is 0 Å². The van der Waals surface area contributed by atoms with Crippen LogP contribution in [0.15, 0.2) is 182 Å². The fourth-order valence-electron chi connectivity index (χ4n) is 9.24. The Kier molecular flexibility index (Phi) is 5.91. The quantitative estimate of drug-likeness (QED) is 0.179. The van der Waals surface area contributed by atoms with Gasteiger partial charge in [-0.15, -0.1) is 0 Å². The van der Waals surface area contributed by atoms with Gasteiger partial charge in [0.1, 0.15) is 0 Å². The molecule has 0 saturated carbocycles. The zero-order valence-electron chi connectivity index (χ0n) is 27.7. The van der Waals surface area contributed by atoms with E-state index < -0.39 is 0 Å². The number of nitrogens with zero attached hydrogens (tertiary/aromatic N) is 2. The average Bonchev–Trinajstić information content (AvgIpc) is 3.67. The maximum atomic E-state index is 5.19. The second kappa shape index (κ2) is 10.7. The molecule has 1 spiro atoms. The van der Waals surface area contributed by atoms with Gasteiger partial charge in [-0.1, -0.05) is 140 Å². The molecular weight excluding hydrogens is 617 g/mol. The summed E-state index contributed by atoms with van der Waals surface area (Å²) in [6.07, 6.45) is 5.81. The van der Waals surface area contributed by atoms with Gasteiger partial charge in [-0.05, 0) is 107 Å².